The predicted octanol–water partition coefficient (Wildman–Crippen LogP) is 8.07. The third-order valence-electron chi connectivity index (χ3n) is 6.95. The van der Waals surface area contributed by atoms with Gasteiger partial charge in [0.05, 0.1) is 11.8 Å². The Hall–Kier alpha value is -1.06. The molecule has 31 heavy (non-hydrogen) atoms. The van der Waals surface area contributed by atoms with Gasteiger partial charge in [-0.1, -0.05) is 90.9 Å². The summed E-state index contributed by atoms with van der Waals surface area (Å²) >= 11 is 0. The molecule has 1 aliphatic rings. The van der Waals surface area contributed by atoms with E-state index in [0.717, 1.165) is 25.7 Å². The maximum atomic E-state index is 12.7. The van der Waals surface area contributed by atoms with Crippen LogP contribution in [0.4, 0.5) is 0 Å². The number of ether oxygens (including phenoxy) is 1. The van der Waals surface area contributed by atoms with Gasteiger partial charge < -0.3 is 9.84 Å². The summed E-state index contributed by atoms with van der Waals surface area (Å²) in [6.45, 7) is 4.48. The summed E-state index contributed by atoms with van der Waals surface area (Å²) in [6.07, 6.45) is 22.6. The van der Waals surface area contributed by atoms with Crippen LogP contribution in [-0.4, -0.2) is 23.1 Å². The van der Waals surface area contributed by atoms with Gasteiger partial charge in [0.1, 0.15) is 6.10 Å². The van der Waals surface area contributed by atoms with Crippen molar-refractivity contribution < 1.29 is 19.4 Å². The third kappa shape index (κ3) is 13.9. The number of hydrogen-bond acceptors (Lipinski definition) is 3. The van der Waals surface area contributed by atoms with E-state index in [1.165, 1.54) is 77.0 Å². The van der Waals surface area contributed by atoms with Crippen LogP contribution in [0.2, 0.25) is 0 Å². The molecule has 1 rings (SSSR count). The molecule has 182 valence electrons. The Morgan fingerprint density at radius 3 is 1.52 bits per heavy atom. The molecule has 0 heterocycles. The second-order valence-corrected chi connectivity index (χ2v) is 9.77. The summed E-state index contributed by atoms with van der Waals surface area (Å²) in [5.41, 5.74) is 0. The molecule has 0 bridgehead atoms. The van der Waals surface area contributed by atoms with Crippen LogP contribution in [-0.2, 0) is 14.3 Å². The first-order valence-corrected chi connectivity index (χ1v) is 13.5. The Morgan fingerprint density at radius 2 is 1.06 bits per heavy atom. The van der Waals surface area contributed by atoms with Gasteiger partial charge in [0.25, 0.3) is 0 Å². The van der Waals surface area contributed by atoms with Gasteiger partial charge in [0, 0.05) is 0 Å². The Bertz CT molecular complexity index is 454. The zero-order valence-electron chi connectivity index (χ0n) is 20.5. The molecule has 1 N–H and O–H groups in total. The molecule has 1 saturated carbocycles. The van der Waals surface area contributed by atoms with Crippen LogP contribution in [0.15, 0.2) is 0 Å². The van der Waals surface area contributed by atoms with Crippen LogP contribution in [0.25, 0.3) is 0 Å². The number of hydrogen-bond donors (Lipinski definition) is 1. The second-order valence-electron chi connectivity index (χ2n) is 9.77. The number of carboxylic acids is 1. The third-order valence-corrected chi connectivity index (χ3v) is 6.95. The molecule has 0 spiro atoms. The minimum absolute atomic E-state index is 0.0515. The fourth-order valence-electron chi connectivity index (χ4n) is 4.76. The average molecular weight is 439 g/mol. The van der Waals surface area contributed by atoms with Crippen molar-refractivity contribution >= 4 is 11.9 Å². The van der Waals surface area contributed by atoms with E-state index in [9.17, 15) is 9.59 Å². The maximum Gasteiger partial charge on any atom is 0.309 e. The quantitative estimate of drug-likeness (QED) is 0.163. The molecule has 0 radical (unpaired) electrons. The first-order valence-electron chi connectivity index (χ1n) is 13.5. The summed E-state index contributed by atoms with van der Waals surface area (Å²) in [6, 6.07) is 0. The number of unbranched alkanes of at least 4 members (excludes halogenated alkanes) is 12. The molecule has 0 aromatic heterocycles. The zero-order valence-corrected chi connectivity index (χ0v) is 20.5. The lowest BCUT2D eigenvalue weighted by atomic mass is 9.82. The van der Waals surface area contributed by atoms with Crippen LogP contribution < -0.4 is 0 Å². The predicted molar refractivity (Wildman–Crippen MR) is 128 cm³/mol. The summed E-state index contributed by atoms with van der Waals surface area (Å²) < 4.78 is 5.96. The van der Waals surface area contributed by atoms with Gasteiger partial charge in [-0.05, 0) is 51.4 Å². The highest BCUT2D eigenvalue weighted by molar-refractivity contribution is 5.74. The van der Waals surface area contributed by atoms with Gasteiger partial charge in [0.2, 0.25) is 0 Å². The van der Waals surface area contributed by atoms with Crippen molar-refractivity contribution in [3.8, 4) is 0 Å². The Labute approximate surface area is 191 Å². The van der Waals surface area contributed by atoms with Gasteiger partial charge in [-0.2, -0.15) is 0 Å². The van der Waals surface area contributed by atoms with Crippen LogP contribution in [0.5, 0.6) is 0 Å². The minimum atomic E-state index is -0.721. The van der Waals surface area contributed by atoms with E-state index in [1.807, 2.05) is 0 Å². The molecular formula is C27H50O4. The molecular weight excluding hydrogens is 388 g/mol. The summed E-state index contributed by atoms with van der Waals surface area (Å²) in [5.74, 6) is -1.17. The molecule has 0 aliphatic heterocycles. The molecule has 1 atom stereocenters. The SMILES string of the molecule is CCCCCCCCCCCCC(CCCCCC)OC(=O)C1CCC(C(=O)O)CC1. The molecule has 4 heteroatoms. The van der Waals surface area contributed by atoms with Crippen LogP contribution in [0.3, 0.4) is 0 Å². The van der Waals surface area contributed by atoms with E-state index in [2.05, 4.69) is 13.8 Å². The first kappa shape index (κ1) is 28.0. The van der Waals surface area contributed by atoms with Crippen molar-refractivity contribution in [2.24, 2.45) is 11.8 Å². The van der Waals surface area contributed by atoms with Crippen molar-refractivity contribution in [1.29, 1.82) is 0 Å². The maximum absolute atomic E-state index is 12.7. The van der Waals surface area contributed by atoms with Gasteiger partial charge >= 0.3 is 11.9 Å². The van der Waals surface area contributed by atoms with Gasteiger partial charge in [-0.3, -0.25) is 9.59 Å². The van der Waals surface area contributed by atoms with Crippen LogP contribution in [0.1, 0.15) is 142 Å². The van der Waals surface area contributed by atoms with Gasteiger partial charge in [0.15, 0.2) is 0 Å². The topological polar surface area (TPSA) is 63.6 Å². The highest BCUT2D eigenvalue weighted by atomic mass is 16.5. The number of aliphatic carboxylic acids is 1. The van der Waals surface area contributed by atoms with E-state index >= 15 is 0 Å². The molecule has 1 unspecified atom stereocenters. The van der Waals surface area contributed by atoms with E-state index in [-0.39, 0.29) is 23.9 Å². The monoisotopic (exact) mass is 438 g/mol. The summed E-state index contributed by atoms with van der Waals surface area (Å²) in [5, 5.41) is 9.16. The standard InChI is InChI=1S/C27H50O4/c1-3-5-7-9-10-11-12-13-14-16-18-25(17-15-8-6-4-2)31-27(30)24-21-19-23(20-22-24)26(28)29/h23-25H,3-22H2,1-2H3,(H,28,29). The largest absolute Gasteiger partial charge is 0.481 e. The van der Waals surface area contributed by atoms with E-state index in [1.54, 1.807) is 0 Å². The number of carboxylic acid groups (broad SMARTS) is 1. The lowest BCUT2D eigenvalue weighted by Gasteiger charge is -2.27. The first-order chi connectivity index (χ1) is 15.1. The highest BCUT2D eigenvalue weighted by Crippen LogP contribution is 2.30. The van der Waals surface area contributed by atoms with Crippen LogP contribution in [0, 0.1) is 11.8 Å². The minimum Gasteiger partial charge on any atom is -0.481 e. The molecule has 1 fully saturated rings. The average Bonchev–Trinajstić information content (AvgIpc) is 2.77. The molecule has 1 aliphatic carbocycles. The van der Waals surface area contributed by atoms with Crippen molar-refractivity contribution in [2.75, 3.05) is 0 Å². The number of esters is 1. The fourth-order valence-corrected chi connectivity index (χ4v) is 4.76. The number of carbonyl (C=O) groups is 2. The second kappa shape index (κ2) is 18.5. The van der Waals surface area contributed by atoms with E-state index in [4.69, 9.17) is 9.84 Å². The Balaban J connectivity index is 2.26. The molecule has 0 saturated heterocycles. The van der Waals surface area contributed by atoms with E-state index < -0.39 is 5.97 Å². The smallest absolute Gasteiger partial charge is 0.309 e. The van der Waals surface area contributed by atoms with Crippen molar-refractivity contribution in [3.05, 3.63) is 0 Å². The number of rotatable bonds is 19. The molecule has 0 aromatic carbocycles. The van der Waals surface area contributed by atoms with Crippen molar-refractivity contribution in [3.63, 3.8) is 0 Å². The Kier molecular flexibility index (Phi) is 16.7. The molecule has 0 amide bonds. The lowest BCUT2D eigenvalue weighted by Crippen LogP contribution is -2.29. The van der Waals surface area contributed by atoms with Crippen LogP contribution >= 0.6 is 0 Å². The van der Waals surface area contributed by atoms with Crippen molar-refractivity contribution in [2.45, 2.75) is 148 Å². The van der Waals surface area contributed by atoms with Gasteiger partial charge in [-0.25, -0.2) is 0 Å². The van der Waals surface area contributed by atoms with Crippen molar-refractivity contribution in [1.82, 2.24) is 0 Å². The summed E-state index contributed by atoms with van der Waals surface area (Å²) in [4.78, 5) is 23.8. The lowest BCUT2D eigenvalue weighted by molar-refractivity contribution is -0.158. The summed E-state index contributed by atoms with van der Waals surface area (Å²) in [7, 11) is 0. The highest BCUT2D eigenvalue weighted by Gasteiger charge is 2.31. The Morgan fingerprint density at radius 1 is 0.677 bits per heavy atom. The van der Waals surface area contributed by atoms with Gasteiger partial charge in [-0.15, -0.1) is 0 Å². The molecule has 0 aromatic rings. The normalized spacial score (nSPS) is 19.8. The zero-order chi connectivity index (χ0) is 22.7. The fraction of sp³-hybridized carbons (Fsp3) is 0.926. The molecule has 4 nitrogen and oxygen atoms in total. The van der Waals surface area contributed by atoms with E-state index in [0.29, 0.717) is 25.7 Å². The number of carbonyl (C=O) groups excluding carboxylic acids is 1.